The Hall–Kier alpha value is -3.20. The first-order chi connectivity index (χ1) is 19.2. The van der Waals surface area contributed by atoms with Crippen LogP contribution in [-0.2, 0) is 19.7 Å². The SMILES string of the molecule is CCCCCCOc1ccc2cc(S(=O)(=O)C(=[N+]=[N-])S(=O)(=O)c3ccccc3C)c(OCCCCCC)cc2c1. The van der Waals surface area contributed by atoms with Crippen LogP contribution in [0.3, 0.4) is 0 Å². The van der Waals surface area contributed by atoms with Crippen molar-refractivity contribution in [2.45, 2.75) is 81.9 Å². The van der Waals surface area contributed by atoms with Crippen molar-refractivity contribution in [3.05, 3.63) is 65.7 Å². The number of nitrogens with zero attached hydrogens (tertiary/aromatic N) is 2. The van der Waals surface area contributed by atoms with Crippen LogP contribution in [0.15, 0.2) is 64.4 Å². The summed E-state index contributed by atoms with van der Waals surface area (Å²) < 4.78 is 64.9. The van der Waals surface area contributed by atoms with Crippen molar-refractivity contribution in [1.29, 1.82) is 0 Å². The van der Waals surface area contributed by atoms with E-state index >= 15 is 0 Å². The van der Waals surface area contributed by atoms with Crippen molar-refractivity contribution in [2.24, 2.45) is 0 Å². The average Bonchev–Trinajstić information content (AvgIpc) is 2.92. The number of sulfone groups is 2. The third-order valence-electron chi connectivity index (χ3n) is 6.61. The van der Waals surface area contributed by atoms with Crippen LogP contribution in [0.2, 0.25) is 0 Å². The summed E-state index contributed by atoms with van der Waals surface area (Å²) in [6, 6.07) is 14.1. The van der Waals surface area contributed by atoms with Gasteiger partial charge in [0.05, 0.1) is 18.1 Å². The van der Waals surface area contributed by atoms with E-state index in [9.17, 15) is 22.4 Å². The Balaban J connectivity index is 2.05. The van der Waals surface area contributed by atoms with Crippen molar-refractivity contribution in [2.75, 3.05) is 13.2 Å². The van der Waals surface area contributed by atoms with Gasteiger partial charge in [0, 0.05) is 0 Å². The molecule has 0 spiro atoms. The molecular weight excluding hydrogens is 548 g/mol. The van der Waals surface area contributed by atoms with Gasteiger partial charge in [-0.25, -0.2) is 16.8 Å². The number of rotatable bonds is 14. The molecule has 0 amide bonds. The molecule has 40 heavy (non-hydrogen) atoms. The number of fused-ring (bicyclic) bond motifs is 1. The molecule has 8 nitrogen and oxygen atoms in total. The smallest absolute Gasteiger partial charge is 0.494 e. The van der Waals surface area contributed by atoms with Crippen LogP contribution in [0.5, 0.6) is 11.5 Å². The molecule has 0 radical (unpaired) electrons. The second kappa shape index (κ2) is 14.4. The van der Waals surface area contributed by atoms with Gasteiger partial charge in [-0.05, 0) is 66.4 Å². The Morgan fingerprint density at radius 3 is 1.98 bits per heavy atom. The number of unbranched alkanes of at least 4 members (excludes halogenated alkanes) is 6. The Kier molecular flexibility index (Phi) is 11.3. The second-order valence-corrected chi connectivity index (χ2v) is 13.7. The zero-order valence-corrected chi connectivity index (χ0v) is 25.1. The van der Waals surface area contributed by atoms with Crippen molar-refractivity contribution >= 4 is 34.8 Å². The highest BCUT2D eigenvalue weighted by atomic mass is 32.3. The van der Waals surface area contributed by atoms with Crippen LogP contribution in [0.4, 0.5) is 0 Å². The minimum atomic E-state index is -4.82. The molecule has 0 aromatic heterocycles. The lowest BCUT2D eigenvalue weighted by atomic mass is 10.1. The Bertz CT molecular complexity index is 1580. The second-order valence-electron chi connectivity index (χ2n) is 9.76. The van der Waals surface area contributed by atoms with Gasteiger partial charge in [0.15, 0.2) is 0 Å². The van der Waals surface area contributed by atoms with Gasteiger partial charge < -0.3 is 15.0 Å². The molecular formula is C30H38N2O6S2. The first-order valence-corrected chi connectivity index (χ1v) is 16.7. The van der Waals surface area contributed by atoms with E-state index in [1.807, 2.05) is 0 Å². The van der Waals surface area contributed by atoms with E-state index in [-0.39, 0.29) is 22.1 Å². The van der Waals surface area contributed by atoms with Gasteiger partial charge in [0.1, 0.15) is 16.4 Å². The fourth-order valence-electron chi connectivity index (χ4n) is 4.37. The first-order valence-electron chi connectivity index (χ1n) is 13.8. The standard InChI is InChI=1S/C30H38N2O6S2/c1-4-6-8-12-18-37-26-17-16-24-22-29(27(21-25(24)20-26)38-19-13-9-7-5-2)40(35,36)30(32-31)39(33,34)28-15-11-10-14-23(28)3/h10-11,14-17,20-22H,4-9,12-13,18-19H2,1-3H3. The van der Waals surface area contributed by atoms with Crippen LogP contribution in [0.25, 0.3) is 16.3 Å². The van der Waals surface area contributed by atoms with Gasteiger partial charge in [-0.2, -0.15) is 0 Å². The van der Waals surface area contributed by atoms with Crippen molar-refractivity contribution in [1.82, 2.24) is 0 Å². The largest absolute Gasteiger partial charge is 0.504 e. The fourth-order valence-corrected chi connectivity index (χ4v) is 8.07. The summed E-state index contributed by atoms with van der Waals surface area (Å²) in [5, 5.41) is 1.22. The third kappa shape index (κ3) is 7.50. The maximum atomic E-state index is 13.8. The highest BCUT2D eigenvalue weighted by Crippen LogP contribution is 2.34. The zero-order chi connectivity index (χ0) is 29.2. The molecule has 0 atom stereocenters. The zero-order valence-electron chi connectivity index (χ0n) is 23.4. The summed E-state index contributed by atoms with van der Waals surface area (Å²) in [5.74, 6) is 0.637. The van der Waals surface area contributed by atoms with Crippen LogP contribution in [0.1, 0.15) is 70.8 Å². The lowest BCUT2D eigenvalue weighted by Gasteiger charge is -2.14. The van der Waals surface area contributed by atoms with Gasteiger partial charge in [-0.1, -0.05) is 76.6 Å². The lowest BCUT2D eigenvalue weighted by molar-refractivity contribution is 0.00378. The van der Waals surface area contributed by atoms with Gasteiger partial charge in [0.2, 0.25) is 0 Å². The summed E-state index contributed by atoms with van der Waals surface area (Å²) in [6.07, 6.45) is 7.97. The average molecular weight is 587 g/mol. The summed E-state index contributed by atoms with van der Waals surface area (Å²) in [5.41, 5.74) is 10.1. The van der Waals surface area contributed by atoms with E-state index in [2.05, 4.69) is 18.6 Å². The van der Waals surface area contributed by atoms with Crippen LogP contribution >= 0.6 is 0 Å². The molecule has 3 aromatic carbocycles. The number of benzene rings is 3. The number of hydrogen-bond acceptors (Lipinski definition) is 6. The van der Waals surface area contributed by atoms with E-state index in [1.54, 1.807) is 43.3 Å². The summed E-state index contributed by atoms with van der Waals surface area (Å²) in [6.45, 7) is 6.60. The van der Waals surface area contributed by atoms with Crippen molar-refractivity contribution in [3.8, 4) is 11.5 Å². The molecule has 0 aliphatic heterocycles. The molecule has 0 saturated heterocycles. The molecule has 0 N–H and O–H groups in total. The minimum Gasteiger partial charge on any atom is -0.494 e. The topological polar surface area (TPSA) is 123 Å². The molecule has 0 saturated carbocycles. The van der Waals surface area contributed by atoms with Gasteiger partial charge >= 0.3 is 4.38 Å². The molecule has 0 fully saturated rings. The maximum Gasteiger partial charge on any atom is 0.504 e. The predicted molar refractivity (Wildman–Crippen MR) is 157 cm³/mol. The molecule has 0 aliphatic carbocycles. The van der Waals surface area contributed by atoms with Crippen molar-refractivity contribution < 1.29 is 31.1 Å². The summed E-state index contributed by atoms with van der Waals surface area (Å²) >= 11 is 0. The lowest BCUT2D eigenvalue weighted by Crippen LogP contribution is -2.27. The number of aryl methyl sites for hydroxylation is 1. The predicted octanol–water partition coefficient (Wildman–Crippen LogP) is 6.90. The first kappa shape index (κ1) is 31.3. The van der Waals surface area contributed by atoms with Gasteiger partial charge in [-0.3, -0.25) is 0 Å². The molecule has 3 aromatic rings. The monoisotopic (exact) mass is 586 g/mol. The molecule has 0 heterocycles. The Morgan fingerprint density at radius 1 is 0.725 bits per heavy atom. The minimum absolute atomic E-state index is 0.00905. The highest BCUT2D eigenvalue weighted by molar-refractivity contribution is 8.31. The van der Waals surface area contributed by atoms with Crippen LogP contribution < -0.4 is 9.47 Å². The summed E-state index contributed by atoms with van der Waals surface area (Å²) in [7, 11) is -9.50. The van der Waals surface area contributed by atoms with E-state index < -0.39 is 24.1 Å². The van der Waals surface area contributed by atoms with E-state index in [0.29, 0.717) is 35.1 Å². The normalized spacial score (nSPS) is 11.8. The molecule has 0 bridgehead atoms. The Labute approximate surface area is 237 Å². The van der Waals surface area contributed by atoms with E-state index in [0.717, 1.165) is 44.9 Å². The maximum absolute atomic E-state index is 13.8. The molecule has 10 heteroatoms. The molecule has 3 rings (SSSR count). The van der Waals surface area contributed by atoms with Crippen molar-refractivity contribution in [3.63, 3.8) is 0 Å². The third-order valence-corrected chi connectivity index (χ3v) is 10.9. The summed E-state index contributed by atoms with van der Waals surface area (Å²) in [4.78, 5) is 2.17. The molecule has 0 aliphatic rings. The van der Waals surface area contributed by atoms with Crippen LogP contribution in [0, 0.1) is 6.92 Å². The number of ether oxygens (including phenoxy) is 2. The molecule has 0 unspecified atom stereocenters. The van der Waals surface area contributed by atoms with Gasteiger partial charge in [0.25, 0.3) is 19.7 Å². The van der Waals surface area contributed by atoms with E-state index in [1.165, 1.54) is 18.2 Å². The molecule has 216 valence electrons. The number of hydrogen-bond donors (Lipinski definition) is 0. The highest BCUT2D eigenvalue weighted by Gasteiger charge is 2.46. The van der Waals surface area contributed by atoms with Gasteiger partial charge in [-0.15, -0.1) is 4.79 Å². The fraction of sp³-hybridized carbons (Fsp3) is 0.433. The Morgan fingerprint density at radius 2 is 1.35 bits per heavy atom. The van der Waals surface area contributed by atoms with E-state index in [4.69, 9.17) is 9.47 Å². The van der Waals surface area contributed by atoms with Crippen LogP contribution in [-0.4, -0.2) is 39.2 Å². The quantitative estimate of drug-likeness (QED) is 0.0665.